The molecular weight excluding hydrogens is 542 g/mol. The fourth-order valence-electron chi connectivity index (χ4n) is 5.60. The maximum atomic E-state index is 12.9. The second-order valence-electron chi connectivity index (χ2n) is 10.3. The minimum absolute atomic E-state index is 0.0418. The average Bonchev–Trinajstić information content (AvgIpc) is 3.04. The number of aromatic nitrogens is 2. The van der Waals surface area contributed by atoms with Crippen LogP contribution in [0.25, 0.3) is 43.6 Å². The summed E-state index contributed by atoms with van der Waals surface area (Å²) in [4.78, 5) is 51.5. The fourth-order valence-corrected chi connectivity index (χ4v) is 5.60. The van der Waals surface area contributed by atoms with E-state index in [9.17, 15) is 19.2 Å². The highest BCUT2D eigenvalue weighted by Crippen LogP contribution is 2.20. The highest BCUT2D eigenvalue weighted by molar-refractivity contribution is 5.96. The zero-order valence-corrected chi connectivity index (χ0v) is 23.5. The number of nitrogens with zero attached hydrogens (tertiary/aromatic N) is 2. The zero-order valence-electron chi connectivity index (χ0n) is 23.5. The van der Waals surface area contributed by atoms with Crippen molar-refractivity contribution in [1.29, 1.82) is 0 Å². The Labute approximate surface area is 246 Å². The van der Waals surface area contributed by atoms with E-state index in [1.54, 1.807) is 24.3 Å². The van der Waals surface area contributed by atoms with Gasteiger partial charge in [0.2, 0.25) is 11.8 Å². The number of carbonyl (C=O) groups excluding carboxylic acids is 2. The summed E-state index contributed by atoms with van der Waals surface area (Å²) in [5.41, 5.74) is 2.80. The average molecular weight is 574 g/mol. The van der Waals surface area contributed by atoms with Crippen LogP contribution in [0.4, 0.5) is 0 Å². The molecule has 0 atom stereocenters. The lowest BCUT2D eigenvalue weighted by Gasteiger charge is -2.15. The number of hydrogen-bond acceptors (Lipinski definition) is 5. The Balaban J connectivity index is 1.00. The van der Waals surface area contributed by atoms with Crippen molar-refractivity contribution < 1.29 is 9.59 Å². The summed E-state index contributed by atoms with van der Waals surface area (Å²) in [6.07, 6.45) is 0. The molecule has 2 heterocycles. The maximum Gasteiger partial charge on any atom is 0.240 e. The van der Waals surface area contributed by atoms with Gasteiger partial charge in [0, 0.05) is 47.7 Å². The van der Waals surface area contributed by atoms with Gasteiger partial charge in [-0.25, -0.2) is 0 Å². The van der Waals surface area contributed by atoms with Gasteiger partial charge in [0.25, 0.3) is 0 Å². The first-order valence-corrected chi connectivity index (χ1v) is 14.3. The molecule has 4 aromatic carbocycles. The predicted molar refractivity (Wildman–Crippen MR) is 170 cm³/mol. The van der Waals surface area contributed by atoms with E-state index in [0.717, 1.165) is 22.1 Å². The first-order chi connectivity index (χ1) is 21.0. The van der Waals surface area contributed by atoms with Crippen LogP contribution < -0.4 is 26.8 Å². The molecule has 216 valence electrons. The van der Waals surface area contributed by atoms with Crippen molar-refractivity contribution >= 4 is 55.4 Å². The summed E-state index contributed by atoms with van der Waals surface area (Å²) >= 11 is 0. The molecule has 3 N–H and O–H groups in total. The summed E-state index contributed by atoms with van der Waals surface area (Å²) in [6, 6.07) is 29.3. The molecule has 6 aromatic rings. The molecule has 0 saturated heterocycles. The van der Waals surface area contributed by atoms with E-state index in [0.29, 0.717) is 47.7 Å². The van der Waals surface area contributed by atoms with E-state index in [2.05, 4.69) is 16.0 Å². The maximum absolute atomic E-state index is 12.9. The summed E-state index contributed by atoms with van der Waals surface area (Å²) in [5.74, 6) is -0.315. The second-order valence-corrected chi connectivity index (χ2v) is 10.3. The molecule has 0 aliphatic heterocycles. The molecule has 0 saturated carbocycles. The van der Waals surface area contributed by atoms with Gasteiger partial charge < -0.3 is 25.1 Å². The molecule has 0 bridgehead atoms. The molecule has 9 heteroatoms. The molecule has 9 nitrogen and oxygen atoms in total. The number of fused-ring (bicyclic) bond motifs is 4. The van der Waals surface area contributed by atoms with E-state index in [1.165, 1.54) is 0 Å². The van der Waals surface area contributed by atoms with Gasteiger partial charge in [-0.3, -0.25) is 19.2 Å². The van der Waals surface area contributed by atoms with E-state index in [-0.39, 0.29) is 35.8 Å². The van der Waals surface area contributed by atoms with Crippen LogP contribution in [0.3, 0.4) is 0 Å². The van der Waals surface area contributed by atoms with E-state index >= 15 is 0 Å². The number of hydrogen-bond donors (Lipinski definition) is 3. The minimum Gasteiger partial charge on any atom is -0.353 e. The Morgan fingerprint density at radius 3 is 1.09 bits per heavy atom. The Bertz CT molecular complexity index is 1840. The number of rotatable bonds is 10. The third kappa shape index (κ3) is 5.62. The lowest BCUT2D eigenvalue weighted by Crippen LogP contribution is -2.38. The van der Waals surface area contributed by atoms with Crippen molar-refractivity contribution in [1.82, 2.24) is 25.1 Å². The van der Waals surface area contributed by atoms with Crippen molar-refractivity contribution in [3.63, 3.8) is 0 Å². The molecule has 43 heavy (non-hydrogen) atoms. The van der Waals surface area contributed by atoms with Crippen molar-refractivity contribution in [3.8, 4) is 0 Å². The van der Waals surface area contributed by atoms with Crippen LogP contribution in [0.5, 0.6) is 0 Å². The molecule has 2 aromatic heterocycles. The van der Waals surface area contributed by atoms with Crippen LogP contribution in [0.1, 0.15) is 0 Å². The highest BCUT2D eigenvalue weighted by Gasteiger charge is 2.14. The Hall–Kier alpha value is -5.28. The minimum atomic E-state index is -0.158. The van der Waals surface area contributed by atoms with Crippen LogP contribution in [-0.2, 0) is 22.7 Å². The van der Waals surface area contributed by atoms with E-state index < -0.39 is 0 Å². The van der Waals surface area contributed by atoms with Gasteiger partial charge in [0.1, 0.15) is 13.1 Å². The molecule has 0 aliphatic rings. The second kappa shape index (κ2) is 12.3. The van der Waals surface area contributed by atoms with Gasteiger partial charge in [-0.15, -0.1) is 0 Å². The summed E-state index contributed by atoms with van der Waals surface area (Å²) in [7, 11) is 0. The lowest BCUT2D eigenvalue weighted by molar-refractivity contribution is -0.122. The molecule has 0 spiro atoms. The van der Waals surface area contributed by atoms with Crippen LogP contribution in [0.2, 0.25) is 0 Å². The Morgan fingerprint density at radius 2 is 0.767 bits per heavy atom. The number of para-hydroxylation sites is 4. The van der Waals surface area contributed by atoms with Crippen LogP contribution in [0.15, 0.2) is 107 Å². The quantitative estimate of drug-likeness (QED) is 0.172. The first-order valence-electron chi connectivity index (χ1n) is 14.3. The van der Waals surface area contributed by atoms with Gasteiger partial charge in [0.15, 0.2) is 10.9 Å². The SMILES string of the molecule is O=C(Cn1c2ccccc2c(=O)c2ccccc21)NCCNCCNC(=O)Cn1c2ccccc2c(=O)c2ccccc21. The van der Waals surface area contributed by atoms with E-state index in [1.807, 2.05) is 81.9 Å². The molecule has 2 amide bonds. The number of nitrogens with one attached hydrogen (secondary N) is 3. The fraction of sp³-hybridized carbons (Fsp3) is 0.176. The van der Waals surface area contributed by atoms with Crippen LogP contribution in [0, 0.1) is 0 Å². The van der Waals surface area contributed by atoms with Crippen molar-refractivity contribution in [2.75, 3.05) is 26.2 Å². The van der Waals surface area contributed by atoms with Crippen molar-refractivity contribution in [2.24, 2.45) is 0 Å². The zero-order chi connectivity index (χ0) is 29.8. The van der Waals surface area contributed by atoms with Crippen molar-refractivity contribution in [2.45, 2.75) is 13.1 Å². The molecule has 0 radical (unpaired) electrons. The van der Waals surface area contributed by atoms with Gasteiger partial charge in [0.05, 0.1) is 22.1 Å². The standard InChI is InChI=1S/C34H31N5O4/c40-31(21-38-27-13-5-1-9-23(27)33(42)24-10-2-6-14-28(24)38)36-19-17-35-18-20-37-32(41)22-39-29-15-7-3-11-25(29)34(43)26-12-4-8-16-30(26)39/h1-16,35H,17-22H2,(H,36,40)(H,37,41). The predicted octanol–water partition coefficient (Wildman–Crippen LogP) is 3.15. The number of benzene rings is 4. The molecule has 0 unspecified atom stereocenters. The first kappa shape index (κ1) is 27.9. The Morgan fingerprint density at radius 1 is 0.465 bits per heavy atom. The van der Waals surface area contributed by atoms with Crippen LogP contribution in [-0.4, -0.2) is 47.1 Å². The molecular formula is C34H31N5O4. The normalized spacial score (nSPS) is 11.3. The third-order valence-corrected chi connectivity index (χ3v) is 7.61. The summed E-state index contributed by atoms with van der Waals surface area (Å²) < 4.78 is 3.75. The van der Waals surface area contributed by atoms with Crippen molar-refractivity contribution in [3.05, 3.63) is 118 Å². The lowest BCUT2D eigenvalue weighted by atomic mass is 10.1. The monoisotopic (exact) mass is 573 g/mol. The number of carbonyl (C=O) groups is 2. The Kier molecular flexibility index (Phi) is 7.97. The summed E-state index contributed by atoms with van der Waals surface area (Å²) in [6.45, 7) is 2.07. The van der Waals surface area contributed by atoms with Crippen LogP contribution >= 0.6 is 0 Å². The largest absolute Gasteiger partial charge is 0.353 e. The van der Waals surface area contributed by atoms with Gasteiger partial charge in [-0.2, -0.15) is 0 Å². The molecule has 0 aliphatic carbocycles. The number of pyridine rings is 2. The van der Waals surface area contributed by atoms with E-state index in [4.69, 9.17) is 0 Å². The van der Waals surface area contributed by atoms with Gasteiger partial charge in [-0.1, -0.05) is 48.5 Å². The van der Waals surface area contributed by atoms with Gasteiger partial charge in [-0.05, 0) is 48.5 Å². The van der Waals surface area contributed by atoms with Gasteiger partial charge >= 0.3 is 0 Å². The molecule has 0 fully saturated rings. The highest BCUT2D eigenvalue weighted by atomic mass is 16.2. The third-order valence-electron chi connectivity index (χ3n) is 7.61. The number of amides is 2. The smallest absolute Gasteiger partial charge is 0.240 e. The molecule has 6 rings (SSSR count). The summed E-state index contributed by atoms with van der Waals surface area (Å²) in [5, 5.41) is 11.4. The topological polar surface area (TPSA) is 114 Å².